The van der Waals surface area contributed by atoms with Crippen LogP contribution in [0.1, 0.15) is 32.6 Å². The van der Waals surface area contributed by atoms with Crippen molar-refractivity contribution in [3.05, 3.63) is 12.7 Å². The summed E-state index contributed by atoms with van der Waals surface area (Å²) in [7, 11) is 0. The van der Waals surface area contributed by atoms with Crippen molar-refractivity contribution in [2.24, 2.45) is 0 Å². The van der Waals surface area contributed by atoms with E-state index in [1.54, 1.807) is 6.08 Å². The summed E-state index contributed by atoms with van der Waals surface area (Å²) in [5.41, 5.74) is 0. The summed E-state index contributed by atoms with van der Waals surface area (Å²) in [6.45, 7) is 5.95. The lowest BCUT2D eigenvalue weighted by Crippen LogP contribution is -2.28. The van der Waals surface area contributed by atoms with Crippen LogP contribution < -0.4 is 0 Å². The molecular formula is C11H18O3. The smallest absolute Gasteiger partial charge is 0.308 e. The van der Waals surface area contributed by atoms with Crippen molar-refractivity contribution in [2.75, 3.05) is 6.61 Å². The van der Waals surface area contributed by atoms with Crippen LogP contribution in [0.5, 0.6) is 0 Å². The van der Waals surface area contributed by atoms with Gasteiger partial charge in [0.25, 0.3) is 0 Å². The second-order valence-electron chi connectivity index (χ2n) is 3.47. The first-order chi connectivity index (χ1) is 6.76. The molecule has 2 atom stereocenters. The molecule has 0 aromatic carbocycles. The summed E-state index contributed by atoms with van der Waals surface area (Å²) in [5, 5.41) is 0. The summed E-state index contributed by atoms with van der Waals surface area (Å²) < 4.78 is 10.5. The minimum atomic E-state index is -0.165. The predicted molar refractivity (Wildman–Crippen MR) is 54.0 cm³/mol. The Kier molecular flexibility index (Phi) is 4.66. The highest BCUT2D eigenvalue weighted by Crippen LogP contribution is 2.21. The molecule has 1 saturated heterocycles. The molecule has 0 bridgehead atoms. The second-order valence-corrected chi connectivity index (χ2v) is 3.47. The van der Waals surface area contributed by atoms with Crippen molar-refractivity contribution in [3.63, 3.8) is 0 Å². The minimum Gasteiger partial charge on any atom is -0.466 e. The van der Waals surface area contributed by atoms with Gasteiger partial charge in [0.2, 0.25) is 0 Å². The van der Waals surface area contributed by atoms with E-state index in [0.29, 0.717) is 13.0 Å². The Morgan fingerprint density at radius 1 is 1.64 bits per heavy atom. The van der Waals surface area contributed by atoms with Crippen LogP contribution in [0.15, 0.2) is 12.7 Å². The zero-order valence-corrected chi connectivity index (χ0v) is 8.70. The normalized spacial score (nSPS) is 26.9. The Labute approximate surface area is 85.1 Å². The molecule has 1 aliphatic rings. The van der Waals surface area contributed by atoms with E-state index in [2.05, 4.69) is 6.58 Å². The zero-order valence-electron chi connectivity index (χ0n) is 8.70. The topological polar surface area (TPSA) is 35.5 Å². The fourth-order valence-corrected chi connectivity index (χ4v) is 1.66. The number of ether oxygens (including phenoxy) is 2. The van der Waals surface area contributed by atoms with Gasteiger partial charge in [0, 0.05) is 0 Å². The number of esters is 1. The van der Waals surface area contributed by atoms with Crippen LogP contribution in [-0.4, -0.2) is 24.8 Å². The van der Waals surface area contributed by atoms with Gasteiger partial charge in [-0.25, -0.2) is 0 Å². The summed E-state index contributed by atoms with van der Waals surface area (Å²) in [4.78, 5) is 11.2. The molecular weight excluding hydrogens is 180 g/mol. The summed E-state index contributed by atoms with van der Waals surface area (Å²) in [6, 6.07) is 0. The van der Waals surface area contributed by atoms with Gasteiger partial charge in [-0.3, -0.25) is 4.79 Å². The average Bonchev–Trinajstić information content (AvgIpc) is 2.18. The molecule has 1 heterocycles. The molecule has 0 spiro atoms. The average molecular weight is 198 g/mol. The van der Waals surface area contributed by atoms with Gasteiger partial charge in [-0.2, -0.15) is 0 Å². The van der Waals surface area contributed by atoms with E-state index in [9.17, 15) is 4.79 Å². The first-order valence-corrected chi connectivity index (χ1v) is 5.20. The molecule has 3 heteroatoms. The molecule has 0 amide bonds. The fourth-order valence-electron chi connectivity index (χ4n) is 1.66. The van der Waals surface area contributed by atoms with Gasteiger partial charge >= 0.3 is 5.97 Å². The van der Waals surface area contributed by atoms with Gasteiger partial charge in [-0.15, -0.1) is 6.58 Å². The quantitative estimate of drug-likeness (QED) is 0.512. The third-order valence-corrected chi connectivity index (χ3v) is 2.34. The maximum atomic E-state index is 11.2. The van der Waals surface area contributed by atoms with Crippen molar-refractivity contribution in [1.29, 1.82) is 0 Å². The molecule has 0 saturated carbocycles. The van der Waals surface area contributed by atoms with Crippen LogP contribution in [0.25, 0.3) is 0 Å². The lowest BCUT2D eigenvalue weighted by Gasteiger charge is -2.27. The highest BCUT2D eigenvalue weighted by molar-refractivity contribution is 5.69. The largest absolute Gasteiger partial charge is 0.466 e. The van der Waals surface area contributed by atoms with Crippen LogP contribution in [0.3, 0.4) is 0 Å². The van der Waals surface area contributed by atoms with Crippen LogP contribution in [0.4, 0.5) is 0 Å². The molecule has 0 unspecified atom stereocenters. The van der Waals surface area contributed by atoms with Gasteiger partial charge in [-0.05, 0) is 26.2 Å². The van der Waals surface area contributed by atoms with E-state index in [0.717, 1.165) is 19.3 Å². The van der Waals surface area contributed by atoms with Gasteiger partial charge in [0.1, 0.15) is 0 Å². The van der Waals surface area contributed by atoms with Gasteiger partial charge in [0.05, 0.1) is 25.2 Å². The first-order valence-electron chi connectivity index (χ1n) is 5.20. The Morgan fingerprint density at radius 2 is 2.43 bits per heavy atom. The van der Waals surface area contributed by atoms with E-state index in [1.807, 2.05) is 6.92 Å². The number of rotatable bonds is 4. The molecule has 0 aliphatic carbocycles. The number of carbonyl (C=O) groups excluding carboxylic acids is 1. The van der Waals surface area contributed by atoms with Crippen LogP contribution in [0, 0.1) is 0 Å². The van der Waals surface area contributed by atoms with Crippen LogP contribution >= 0.6 is 0 Å². The third kappa shape index (κ3) is 3.50. The Hall–Kier alpha value is -0.830. The number of hydrogen-bond donors (Lipinski definition) is 0. The molecule has 80 valence electrons. The second kappa shape index (κ2) is 5.81. The molecule has 1 rings (SSSR count). The van der Waals surface area contributed by atoms with Gasteiger partial charge in [-0.1, -0.05) is 6.08 Å². The standard InChI is InChI=1S/C11H18O3/c1-3-9-6-5-7-10(14-9)8-11(12)13-4-2/h3,9-10H,1,4-8H2,2H3/t9-,10+/m1/s1. The molecule has 0 aromatic rings. The maximum absolute atomic E-state index is 11.2. The van der Waals surface area contributed by atoms with Gasteiger partial charge in [0.15, 0.2) is 0 Å². The van der Waals surface area contributed by atoms with Crippen molar-refractivity contribution in [3.8, 4) is 0 Å². The van der Waals surface area contributed by atoms with E-state index < -0.39 is 0 Å². The Morgan fingerprint density at radius 3 is 3.07 bits per heavy atom. The first kappa shape index (κ1) is 11.2. The van der Waals surface area contributed by atoms with Crippen molar-refractivity contribution in [2.45, 2.75) is 44.8 Å². The van der Waals surface area contributed by atoms with Crippen LogP contribution in [0.2, 0.25) is 0 Å². The Balaban J connectivity index is 2.29. The van der Waals surface area contributed by atoms with Gasteiger partial charge < -0.3 is 9.47 Å². The molecule has 0 radical (unpaired) electrons. The minimum absolute atomic E-state index is 0.0193. The molecule has 1 aliphatic heterocycles. The highest BCUT2D eigenvalue weighted by atomic mass is 16.5. The molecule has 0 N–H and O–H groups in total. The third-order valence-electron chi connectivity index (χ3n) is 2.34. The van der Waals surface area contributed by atoms with Crippen molar-refractivity contribution < 1.29 is 14.3 Å². The van der Waals surface area contributed by atoms with Crippen molar-refractivity contribution in [1.82, 2.24) is 0 Å². The van der Waals surface area contributed by atoms with E-state index in [-0.39, 0.29) is 18.2 Å². The lowest BCUT2D eigenvalue weighted by atomic mass is 10.0. The maximum Gasteiger partial charge on any atom is 0.308 e. The van der Waals surface area contributed by atoms with E-state index in [4.69, 9.17) is 9.47 Å². The molecule has 3 nitrogen and oxygen atoms in total. The Bertz CT molecular complexity index is 201. The van der Waals surface area contributed by atoms with E-state index in [1.165, 1.54) is 0 Å². The fraction of sp³-hybridized carbons (Fsp3) is 0.727. The lowest BCUT2D eigenvalue weighted by molar-refractivity contribution is -0.148. The van der Waals surface area contributed by atoms with Crippen molar-refractivity contribution >= 4 is 5.97 Å². The molecule has 0 aromatic heterocycles. The SMILES string of the molecule is C=C[C@@H]1CCC[C@@H](CC(=O)OCC)O1. The summed E-state index contributed by atoms with van der Waals surface area (Å²) in [5.74, 6) is -0.165. The molecule has 14 heavy (non-hydrogen) atoms. The zero-order chi connectivity index (χ0) is 10.4. The molecule has 1 fully saturated rings. The highest BCUT2D eigenvalue weighted by Gasteiger charge is 2.22. The number of carbonyl (C=O) groups is 1. The summed E-state index contributed by atoms with van der Waals surface area (Å²) >= 11 is 0. The predicted octanol–water partition coefficient (Wildman–Crippen LogP) is 2.06. The summed E-state index contributed by atoms with van der Waals surface area (Å²) in [6.07, 6.45) is 5.37. The monoisotopic (exact) mass is 198 g/mol. The van der Waals surface area contributed by atoms with Crippen LogP contribution in [-0.2, 0) is 14.3 Å². The van der Waals surface area contributed by atoms with E-state index >= 15 is 0 Å². The number of hydrogen-bond acceptors (Lipinski definition) is 3.